The normalized spacial score (nSPS) is 19.1. The van der Waals surface area contributed by atoms with E-state index in [1.165, 1.54) is 19.3 Å². The molecule has 4 nitrogen and oxygen atoms in total. The van der Waals surface area contributed by atoms with E-state index in [-0.39, 0.29) is 5.91 Å². The standard InChI is InChI=1S/C17H26N2O2/c1-3-7-14-8-6-12-19(13-10-14)17(20)15-9-5-11-18-16(15)21-4-2/h5,9,11,14H,3-4,6-8,10,12-13H2,1-2H3/t14-/m0/s1. The summed E-state index contributed by atoms with van der Waals surface area (Å²) < 4.78 is 5.48. The molecule has 0 aliphatic carbocycles. The van der Waals surface area contributed by atoms with Gasteiger partial charge in [-0.05, 0) is 44.2 Å². The number of pyridine rings is 1. The van der Waals surface area contributed by atoms with Gasteiger partial charge in [0, 0.05) is 19.3 Å². The third-order valence-electron chi connectivity index (χ3n) is 4.11. The second-order valence-corrected chi connectivity index (χ2v) is 5.67. The Morgan fingerprint density at radius 3 is 3.00 bits per heavy atom. The van der Waals surface area contributed by atoms with Crippen molar-refractivity contribution in [2.75, 3.05) is 19.7 Å². The Kier molecular flexibility index (Phi) is 6.03. The van der Waals surface area contributed by atoms with Gasteiger partial charge in [-0.15, -0.1) is 0 Å². The molecule has 0 radical (unpaired) electrons. The largest absolute Gasteiger partial charge is 0.477 e. The summed E-state index contributed by atoms with van der Waals surface area (Å²) in [6, 6.07) is 3.61. The molecule has 0 unspecified atom stereocenters. The van der Waals surface area contributed by atoms with Crippen molar-refractivity contribution in [3.8, 4) is 5.88 Å². The van der Waals surface area contributed by atoms with Crippen LogP contribution in [0, 0.1) is 5.92 Å². The highest BCUT2D eigenvalue weighted by Gasteiger charge is 2.23. The van der Waals surface area contributed by atoms with Gasteiger partial charge in [-0.3, -0.25) is 4.79 Å². The summed E-state index contributed by atoms with van der Waals surface area (Å²) in [5, 5.41) is 0. The predicted octanol–water partition coefficient (Wildman–Crippen LogP) is 3.52. The Morgan fingerprint density at radius 2 is 2.24 bits per heavy atom. The van der Waals surface area contributed by atoms with Crippen LogP contribution in [0.5, 0.6) is 5.88 Å². The van der Waals surface area contributed by atoms with Gasteiger partial charge in [-0.1, -0.05) is 19.8 Å². The van der Waals surface area contributed by atoms with Gasteiger partial charge in [0.1, 0.15) is 5.56 Å². The van der Waals surface area contributed by atoms with E-state index in [0.717, 1.165) is 31.8 Å². The van der Waals surface area contributed by atoms with Gasteiger partial charge in [0.05, 0.1) is 6.61 Å². The lowest BCUT2D eigenvalue weighted by Crippen LogP contribution is -2.32. The molecule has 0 spiro atoms. The zero-order valence-corrected chi connectivity index (χ0v) is 13.2. The number of carbonyl (C=O) groups excluding carboxylic acids is 1. The highest BCUT2D eigenvalue weighted by atomic mass is 16.5. The Balaban J connectivity index is 2.06. The van der Waals surface area contributed by atoms with Crippen LogP contribution in [0.1, 0.15) is 56.3 Å². The zero-order valence-electron chi connectivity index (χ0n) is 13.2. The molecule has 1 aromatic rings. The van der Waals surface area contributed by atoms with Crippen molar-refractivity contribution in [2.24, 2.45) is 5.92 Å². The summed E-state index contributed by atoms with van der Waals surface area (Å²) in [6.07, 6.45) is 7.63. The summed E-state index contributed by atoms with van der Waals surface area (Å²) in [5.74, 6) is 1.29. The molecule has 2 rings (SSSR count). The van der Waals surface area contributed by atoms with Crippen LogP contribution in [0.2, 0.25) is 0 Å². The third kappa shape index (κ3) is 4.19. The van der Waals surface area contributed by atoms with E-state index in [0.29, 0.717) is 18.1 Å². The first-order chi connectivity index (χ1) is 10.3. The van der Waals surface area contributed by atoms with E-state index in [4.69, 9.17) is 4.74 Å². The number of nitrogens with zero attached hydrogens (tertiary/aromatic N) is 2. The molecule has 0 bridgehead atoms. The fourth-order valence-corrected chi connectivity index (χ4v) is 3.04. The molecule has 1 aliphatic rings. The van der Waals surface area contributed by atoms with Gasteiger partial charge in [0.25, 0.3) is 5.91 Å². The number of hydrogen-bond donors (Lipinski definition) is 0. The Morgan fingerprint density at radius 1 is 1.38 bits per heavy atom. The average molecular weight is 290 g/mol. The van der Waals surface area contributed by atoms with E-state index in [1.54, 1.807) is 12.3 Å². The van der Waals surface area contributed by atoms with Gasteiger partial charge in [-0.2, -0.15) is 0 Å². The van der Waals surface area contributed by atoms with Crippen LogP contribution >= 0.6 is 0 Å². The van der Waals surface area contributed by atoms with Crippen molar-refractivity contribution in [2.45, 2.75) is 46.0 Å². The van der Waals surface area contributed by atoms with Crippen LogP contribution < -0.4 is 4.74 Å². The third-order valence-corrected chi connectivity index (χ3v) is 4.11. The van der Waals surface area contributed by atoms with Crippen LogP contribution in [-0.4, -0.2) is 35.5 Å². The molecule has 21 heavy (non-hydrogen) atoms. The first kappa shape index (κ1) is 15.8. The molecule has 1 atom stereocenters. The molecule has 1 fully saturated rings. The molecular weight excluding hydrogens is 264 g/mol. The minimum absolute atomic E-state index is 0.0590. The molecule has 0 N–H and O–H groups in total. The molecule has 1 amide bonds. The molecule has 2 heterocycles. The maximum atomic E-state index is 12.7. The summed E-state index contributed by atoms with van der Waals surface area (Å²) in [7, 11) is 0. The second-order valence-electron chi connectivity index (χ2n) is 5.67. The van der Waals surface area contributed by atoms with Crippen LogP contribution in [0.4, 0.5) is 0 Å². The molecule has 4 heteroatoms. The number of hydrogen-bond acceptors (Lipinski definition) is 3. The molecule has 1 saturated heterocycles. The Bertz CT molecular complexity index is 462. The zero-order chi connectivity index (χ0) is 15.1. The van der Waals surface area contributed by atoms with Crippen molar-refractivity contribution in [3.63, 3.8) is 0 Å². The van der Waals surface area contributed by atoms with E-state index in [9.17, 15) is 4.79 Å². The highest BCUT2D eigenvalue weighted by Crippen LogP contribution is 2.24. The van der Waals surface area contributed by atoms with E-state index < -0.39 is 0 Å². The van der Waals surface area contributed by atoms with E-state index in [1.807, 2.05) is 17.9 Å². The summed E-state index contributed by atoms with van der Waals surface area (Å²) >= 11 is 0. The molecular formula is C17H26N2O2. The lowest BCUT2D eigenvalue weighted by atomic mass is 9.96. The van der Waals surface area contributed by atoms with E-state index >= 15 is 0 Å². The SMILES string of the molecule is CCC[C@H]1CCCN(C(=O)c2cccnc2OCC)CC1. The minimum Gasteiger partial charge on any atom is -0.477 e. The van der Waals surface area contributed by atoms with Gasteiger partial charge in [0.15, 0.2) is 0 Å². The van der Waals surface area contributed by atoms with Crippen molar-refractivity contribution >= 4 is 5.91 Å². The maximum absolute atomic E-state index is 12.7. The van der Waals surface area contributed by atoms with Crippen molar-refractivity contribution in [1.82, 2.24) is 9.88 Å². The summed E-state index contributed by atoms with van der Waals surface area (Å²) in [6.45, 7) is 6.36. The number of aromatic nitrogens is 1. The molecule has 1 aliphatic heterocycles. The first-order valence-corrected chi connectivity index (χ1v) is 8.13. The van der Waals surface area contributed by atoms with Crippen LogP contribution in [0.25, 0.3) is 0 Å². The lowest BCUT2D eigenvalue weighted by Gasteiger charge is -2.21. The Labute approximate surface area is 127 Å². The van der Waals surface area contributed by atoms with Crippen molar-refractivity contribution in [1.29, 1.82) is 0 Å². The number of amides is 1. The average Bonchev–Trinajstić information content (AvgIpc) is 2.74. The van der Waals surface area contributed by atoms with Gasteiger partial charge < -0.3 is 9.64 Å². The van der Waals surface area contributed by atoms with Crippen LogP contribution in [0.3, 0.4) is 0 Å². The lowest BCUT2D eigenvalue weighted by molar-refractivity contribution is 0.0754. The Hall–Kier alpha value is -1.58. The molecule has 116 valence electrons. The number of ether oxygens (including phenoxy) is 1. The quantitative estimate of drug-likeness (QED) is 0.833. The van der Waals surface area contributed by atoms with Crippen molar-refractivity contribution in [3.05, 3.63) is 23.9 Å². The smallest absolute Gasteiger partial charge is 0.259 e. The fourth-order valence-electron chi connectivity index (χ4n) is 3.04. The summed E-state index contributed by atoms with van der Waals surface area (Å²) in [4.78, 5) is 18.9. The molecule has 0 aromatic carbocycles. The topological polar surface area (TPSA) is 42.4 Å². The minimum atomic E-state index is 0.0590. The van der Waals surface area contributed by atoms with Gasteiger partial charge in [0.2, 0.25) is 5.88 Å². The number of rotatable bonds is 5. The fraction of sp³-hybridized carbons (Fsp3) is 0.647. The van der Waals surface area contributed by atoms with Crippen LogP contribution in [0.15, 0.2) is 18.3 Å². The number of likely N-dealkylation sites (tertiary alicyclic amines) is 1. The van der Waals surface area contributed by atoms with Crippen molar-refractivity contribution < 1.29 is 9.53 Å². The monoisotopic (exact) mass is 290 g/mol. The predicted molar refractivity (Wildman–Crippen MR) is 83.6 cm³/mol. The van der Waals surface area contributed by atoms with E-state index in [2.05, 4.69) is 11.9 Å². The first-order valence-electron chi connectivity index (χ1n) is 8.13. The second kappa shape index (κ2) is 8.01. The summed E-state index contributed by atoms with van der Waals surface area (Å²) in [5.41, 5.74) is 0.591. The maximum Gasteiger partial charge on any atom is 0.259 e. The molecule has 0 saturated carbocycles. The van der Waals surface area contributed by atoms with Crippen LogP contribution in [-0.2, 0) is 0 Å². The number of carbonyl (C=O) groups is 1. The van der Waals surface area contributed by atoms with Gasteiger partial charge >= 0.3 is 0 Å². The highest BCUT2D eigenvalue weighted by molar-refractivity contribution is 5.96. The molecule has 1 aromatic heterocycles. The van der Waals surface area contributed by atoms with Gasteiger partial charge in [-0.25, -0.2) is 4.98 Å².